The minimum Gasteiger partial charge on any atom is -0.324 e. The number of aryl methyl sites for hydroxylation is 2. The average molecular weight is 419 g/mol. The molecule has 1 N–H and O–H groups in total. The van der Waals surface area contributed by atoms with Crippen LogP contribution in [0.3, 0.4) is 0 Å². The third-order valence-corrected chi connectivity index (χ3v) is 7.68. The van der Waals surface area contributed by atoms with Crippen molar-refractivity contribution in [2.24, 2.45) is 23.7 Å². The summed E-state index contributed by atoms with van der Waals surface area (Å²) in [5.41, 5.74) is 2.72. The van der Waals surface area contributed by atoms with Crippen molar-refractivity contribution in [3.63, 3.8) is 0 Å². The lowest BCUT2D eigenvalue weighted by atomic mass is 9.81. The lowest BCUT2D eigenvalue weighted by Gasteiger charge is -2.24. The summed E-state index contributed by atoms with van der Waals surface area (Å²) in [6.07, 6.45) is 3.08. The van der Waals surface area contributed by atoms with E-state index in [1.54, 1.807) is 6.92 Å². The van der Waals surface area contributed by atoms with Gasteiger partial charge in [0.25, 0.3) is 0 Å². The van der Waals surface area contributed by atoms with Crippen molar-refractivity contribution in [3.8, 4) is 0 Å². The number of nitrogens with zero attached hydrogens (tertiary/aromatic N) is 1. The van der Waals surface area contributed by atoms with Crippen molar-refractivity contribution in [1.82, 2.24) is 4.90 Å². The molecule has 138 valence electrons. The number of rotatable bonds is 3. The van der Waals surface area contributed by atoms with Gasteiger partial charge >= 0.3 is 0 Å². The van der Waals surface area contributed by atoms with Crippen LogP contribution in [0.2, 0.25) is 0 Å². The highest BCUT2D eigenvalue weighted by molar-refractivity contribution is 9.10. The van der Waals surface area contributed by atoms with E-state index in [2.05, 4.69) is 21.2 Å². The molecule has 0 radical (unpaired) electrons. The van der Waals surface area contributed by atoms with Crippen LogP contribution in [-0.2, 0) is 14.4 Å². The molecule has 0 unspecified atom stereocenters. The number of halogens is 1. The molecule has 1 aromatic carbocycles. The molecule has 1 aromatic rings. The predicted octanol–water partition coefficient (Wildman–Crippen LogP) is 3.42. The number of nitrogens with one attached hydrogen (secondary N) is 1. The van der Waals surface area contributed by atoms with Gasteiger partial charge in [0.2, 0.25) is 17.7 Å². The van der Waals surface area contributed by atoms with Crippen molar-refractivity contribution in [3.05, 3.63) is 27.7 Å². The van der Waals surface area contributed by atoms with Crippen LogP contribution in [0.25, 0.3) is 0 Å². The van der Waals surface area contributed by atoms with E-state index in [-0.39, 0.29) is 29.6 Å². The molecule has 2 bridgehead atoms. The zero-order valence-corrected chi connectivity index (χ0v) is 16.8. The van der Waals surface area contributed by atoms with Gasteiger partial charge in [0.05, 0.1) is 11.8 Å². The van der Waals surface area contributed by atoms with Crippen LogP contribution in [0.15, 0.2) is 16.6 Å². The second-order valence-electron chi connectivity index (χ2n) is 8.02. The highest BCUT2D eigenvalue weighted by Crippen LogP contribution is 2.56. The fourth-order valence-electron chi connectivity index (χ4n) is 5.20. The number of amides is 3. The van der Waals surface area contributed by atoms with Crippen molar-refractivity contribution >= 4 is 39.3 Å². The third-order valence-electron chi connectivity index (χ3n) is 6.43. The maximum Gasteiger partial charge on any atom is 0.247 e. The first kappa shape index (κ1) is 17.7. The molecule has 0 aromatic heterocycles. The molecule has 3 aliphatic rings. The van der Waals surface area contributed by atoms with Crippen LogP contribution in [-0.4, -0.2) is 28.7 Å². The monoisotopic (exact) mass is 418 g/mol. The SMILES string of the molecule is Cc1cc(NC(=O)[C@@H](C)N2C(=O)[C@H]3[C@@H]4CC[C@H](C4)[C@@H]3C2=O)cc(C)c1Br. The molecule has 1 aliphatic heterocycles. The van der Waals surface area contributed by atoms with E-state index in [4.69, 9.17) is 0 Å². The summed E-state index contributed by atoms with van der Waals surface area (Å²) >= 11 is 3.51. The minimum atomic E-state index is -0.788. The van der Waals surface area contributed by atoms with Crippen LogP contribution in [0.4, 0.5) is 5.69 Å². The van der Waals surface area contributed by atoms with Crippen LogP contribution in [0, 0.1) is 37.5 Å². The Morgan fingerprint density at radius 3 is 2.12 bits per heavy atom. The fourth-order valence-corrected chi connectivity index (χ4v) is 5.42. The fraction of sp³-hybridized carbons (Fsp3) is 0.550. The zero-order chi connectivity index (χ0) is 18.7. The molecule has 3 amide bonds. The summed E-state index contributed by atoms with van der Waals surface area (Å²) in [7, 11) is 0. The number of carbonyl (C=O) groups is 3. The van der Waals surface area contributed by atoms with Crippen LogP contribution < -0.4 is 5.32 Å². The normalized spacial score (nSPS) is 30.7. The summed E-state index contributed by atoms with van der Waals surface area (Å²) in [6.45, 7) is 5.56. The number of fused-ring (bicyclic) bond motifs is 5. The molecular formula is C20H23BrN2O3. The van der Waals surface area contributed by atoms with Crippen molar-refractivity contribution in [2.45, 2.75) is 46.1 Å². The number of hydrogen-bond acceptors (Lipinski definition) is 3. The van der Waals surface area contributed by atoms with Gasteiger partial charge in [0.15, 0.2) is 0 Å². The Labute approximate surface area is 161 Å². The first-order chi connectivity index (χ1) is 12.3. The van der Waals surface area contributed by atoms with E-state index in [0.29, 0.717) is 17.5 Å². The Morgan fingerprint density at radius 2 is 1.62 bits per heavy atom. The maximum absolute atomic E-state index is 12.9. The van der Waals surface area contributed by atoms with Gasteiger partial charge in [-0.2, -0.15) is 0 Å². The second kappa shape index (κ2) is 6.19. The first-order valence-electron chi connectivity index (χ1n) is 9.24. The largest absolute Gasteiger partial charge is 0.324 e. The lowest BCUT2D eigenvalue weighted by Crippen LogP contribution is -2.46. The van der Waals surface area contributed by atoms with Gasteiger partial charge in [-0.3, -0.25) is 19.3 Å². The van der Waals surface area contributed by atoms with Gasteiger partial charge in [-0.25, -0.2) is 0 Å². The predicted molar refractivity (Wildman–Crippen MR) is 101 cm³/mol. The van der Waals surface area contributed by atoms with Gasteiger partial charge < -0.3 is 5.32 Å². The van der Waals surface area contributed by atoms with Gasteiger partial charge in [-0.05, 0) is 75.1 Å². The maximum atomic E-state index is 12.9. The number of carbonyl (C=O) groups excluding carboxylic acids is 3. The molecule has 26 heavy (non-hydrogen) atoms. The Hall–Kier alpha value is -1.69. The molecule has 5 nitrogen and oxygen atoms in total. The van der Waals surface area contributed by atoms with E-state index in [9.17, 15) is 14.4 Å². The Kier molecular flexibility index (Phi) is 4.21. The topological polar surface area (TPSA) is 66.5 Å². The van der Waals surface area contributed by atoms with Crippen molar-refractivity contribution < 1.29 is 14.4 Å². The number of likely N-dealkylation sites (tertiary alicyclic amines) is 1. The molecule has 2 saturated carbocycles. The van der Waals surface area contributed by atoms with E-state index in [1.165, 1.54) is 4.90 Å². The zero-order valence-electron chi connectivity index (χ0n) is 15.2. The molecule has 4 rings (SSSR count). The molecule has 3 fully saturated rings. The van der Waals surface area contributed by atoms with Crippen LogP contribution >= 0.6 is 15.9 Å². The van der Waals surface area contributed by atoms with Crippen molar-refractivity contribution in [1.29, 1.82) is 0 Å². The number of anilines is 1. The number of hydrogen-bond donors (Lipinski definition) is 1. The van der Waals surface area contributed by atoms with Gasteiger partial charge in [0.1, 0.15) is 6.04 Å². The quantitative estimate of drug-likeness (QED) is 0.764. The summed E-state index contributed by atoms with van der Waals surface area (Å²) in [4.78, 5) is 39.7. The molecular weight excluding hydrogens is 396 g/mol. The molecule has 5 atom stereocenters. The highest BCUT2D eigenvalue weighted by Gasteiger charge is 2.62. The van der Waals surface area contributed by atoms with Gasteiger partial charge in [-0.1, -0.05) is 15.9 Å². The Balaban J connectivity index is 1.52. The highest BCUT2D eigenvalue weighted by atomic mass is 79.9. The summed E-state index contributed by atoms with van der Waals surface area (Å²) in [5.74, 6) is -0.310. The van der Waals surface area contributed by atoms with Gasteiger partial charge in [-0.15, -0.1) is 0 Å². The molecule has 6 heteroatoms. The summed E-state index contributed by atoms with van der Waals surface area (Å²) in [6, 6.07) is 2.97. The molecule has 1 saturated heterocycles. The van der Waals surface area contributed by atoms with E-state index < -0.39 is 6.04 Å². The van der Waals surface area contributed by atoms with Crippen molar-refractivity contribution in [2.75, 3.05) is 5.32 Å². The first-order valence-corrected chi connectivity index (χ1v) is 10.0. The Bertz CT molecular complexity index is 770. The van der Waals surface area contributed by atoms with Crippen LogP contribution in [0.5, 0.6) is 0 Å². The standard InChI is InChI=1S/C20H23BrN2O3/c1-9-6-14(7-10(2)17(9)21)22-18(24)11(3)23-19(25)15-12-4-5-13(8-12)16(15)20(23)26/h6-7,11-13,15-16H,4-5,8H2,1-3H3,(H,22,24)/t11-,12-,13-,15+,16+/m1/s1. The van der Waals surface area contributed by atoms with E-state index >= 15 is 0 Å². The molecule has 0 spiro atoms. The second-order valence-corrected chi connectivity index (χ2v) is 8.81. The van der Waals surface area contributed by atoms with Crippen LogP contribution in [0.1, 0.15) is 37.3 Å². The molecule has 2 aliphatic carbocycles. The third kappa shape index (κ3) is 2.53. The minimum absolute atomic E-state index is 0.141. The average Bonchev–Trinajstić information content (AvgIpc) is 3.26. The summed E-state index contributed by atoms with van der Waals surface area (Å²) in [5, 5.41) is 2.87. The summed E-state index contributed by atoms with van der Waals surface area (Å²) < 4.78 is 1.01. The number of imide groups is 1. The lowest BCUT2D eigenvalue weighted by molar-refractivity contribution is -0.146. The molecule has 1 heterocycles. The Morgan fingerprint density at radius 1 is 1.12 bits per heavy atom. The van der Waals surface area contributed by atoms with E-state index in [0.717, 1.165) is 34.9 Å². The smallest absolute Gasteiger partial charge is 0.247 e. The number of benzene rings is 1. The van der Waals surface area contributed by atoms with E-state index in [1.807, 2.05) is 26.0 Å². The van der Waals surface area contributed by atoms with Gasteiger partial charge in [0, 0.05) is 10.2 Å².